The van der Waals surface area contributed by atoms with Crippen LogP contribution in [0.1, 0.15) is 25.7 Å². The van der Waals surface area contributed by atoms with Crippen molar-refractivity contribution in [2.24, 2.45) is 0 Å². The molecule has 5 nitrogen and oxygen atoms in total. The van der Waals surface area contributed by atoms with Crippen LogP contribution in [0.3, 0.4) is 0 Å². The minimum absolute atomic E-state index is 0.130. The number of hydrogen-bond acceptors (Lipinski definition) is 4. The minimum atomic E-state index is -0.374. The molecule has 1 saturated carbocycles. The van der Waals surface area contributed by atoms with Crippen molar-refractivity contribution >= 4 is 5.91 Å². The van der Waals surface area contributed by atoms with E-state index in [2.05, 4.69) is 5.32 Å². The van der Waals surface area contributed by atoms with Gasteiger partial charge in [0, 0.05) is 18.6 Å². The molecule has 0 aromatic carbocycles. The van der Waals surface area contributed by atoms with E-state index in [-0.39, 0.29) is 12.0 Å². The Hall–Kier alpha value is -0.650. The summed E-state index contributed by atoms with van der Waals surface area (Å²) in [6.45, 7) is 3.48. The number of rotatable bonds is 4. The van der Waals surface area contributed by atoms with E-state index in [1.807, 2.05) is 4.90 Å². The lowest BCUT2D eigenvalue weighted by Crippen LogP contribution is -2.50. The average Bonchev–Trinajstić information content (AvgIpc) is 3.13. The first-order valence-electron chi connectivity index (χ1n) is 7.08. The van der Waals surface area contributed by atoms with Crippen LogP contribution in [-0.2, 0) is 14.3 Å². The van der Waals surface area contributed by atoms with Crippen LogP contribution >= 0.6 is 0 Å². The summed E-state index contributed by atoms with van der Waals surface area (Å²) in [7, 11) is 0. The first kappa shape index (κ1) is 12.4. The molecule has 1 amide bonds. The standard InChI is InChI=1S/C13H22N2O3/c16-13(12-9-17-6-7-18-12)15(11-3-4-11)8-10-2-1-5-14-10/h10-12,14H,1-9H2. The van der Waals surface area contributed by atoms with Crippen molar-refractivity contribution in [3.05, 3.63) is 0 Å². The van der Waals surface area contributed by atoms with Crippen molar-refractivity contribution in [3.63, 3.8) is 0 Å². The van der Waals surface area contributed by atoms with Crippen LogP contribution in [-0.4, -0.2) is 61.9 Å². The smallest absolute Gasteiger partial charge is 0.254 e. The summed E-state index contributed by atoms with van der Waals surface area (Å²) in [5, 5.41) is 3.46. The average molecular weight is 254 g/mol. The maximum absolute atomic E-state index is 12.5. The lowest BCUT2D eigenvalue weighted by atomic mass is 10.2. The van der Waals surface area contributed by atoms with Gasteiger partial charge in [0.1, 0.15) is 0 Å². The fourth-order valence-electron chi connectivity index (χ4n) is 2.77. The molecule has 2 aliphatic heterocycles. The molecule has 102 valence electrons. The fraction of sp³-hybridized carbons (Fsp3) is 0.923. The molecule has 2 heterocycles. The largest absolute Gasteiger partial charge is 0.376 e. The quantitative estimate of drug-likeness (QED) is 0.775. The van der Waals surface area contributed by atoms with Gasteiger partial charge >= 0.3 is 0 Å². The SMILES string of the molecule is O=C(C1COCCO1)N(CC1CCCN1)C1CC1. The van der Waals surface area contributed by atoms with E-state index in [1.165, 1.54) is 12.8 Å². The number of carbonyl (C=O) groups excluding carboxylic acids is 1. The maximum Gasteiger partial charge on any atom is 0.254 e. The Morgan fingerprint density at radius 2 is 2.17 bits per heavy atom. The van der Waals surface area contributed by atoms with Gasteiger partial charge in [0.05, 0.1) is 19.8 Å². The second-order valence-corrected chi connectivity index (χ2v) is 5.45. The summed E-state index contributed by atoms with van der Waals surface area (Å²) in [4.78, 5) is 14.5. The Morgan fingerprint density at radius 1 is 1.28 bits per heavy atom. The summed E-state index contributed by atoms with van der Waals surface area (Å²) >= 11 is 0. The summed E-state index contributed by atoms with van der Waals surface area (Å²) < 4.78 is 10.9. The second-order valence-electron chi connectivity index (χ2n) is 5.45. The van der Waals surface area contributed by atoms with Gasteiger partial charge in [-0.25, -0.2) is 0 Å². The van der Waals surface area contributed by atoms with Crippen molar-refractivity contribution in [3.8, 4) is 0 Å². The molecule has 3 rings (SSSR count). The van der Waals surface area contributed by atoms with Gasteiger partial charge in [0.25, 0.3) is 5.91 Å². The van der Waals surface area contributed by atoms with Crippen LogP contribution in [0.4, 0.5) is 0 Å². The summed E-state index contributed by atoms with van der Waals surface area (Å²) in [5.41, 5.74) is 0. The van der Waals surface area contributed by atoms with E-state index in [9.17, 15) is 4.79 Å². The summed E-state index contributed by atoms with van der Waals surface area (Å²) in [6, 6.07) is 0.921. The molecular weight excluding hydrogens is 232 g/mol. The molecule has 0 radical (unpaired) electrons. The molecule has 2 unspecified atom stereocenters. The van der Waals surface area contributed by atoms with Gasteiger partial charge in [-0.05, 0) is 32.2 Å². The lowest BCUT2D eigenvalue weighted by molar-refractivity contribution is -0.158. The summed E-state index contributed by atoms with van der Waals surface area (Å²) in [6.07, 6.45) is 4.32. The zero-order valence-electron chi connectivity index (χ0n) is 10.8. The van der Waals surface area contributed by atoms with Crippen LogP contribution in [0, 0.1) is 0 Å². The van der Waals surface area contributed by atoms with Gasteiger partial charge in [-0.2, -0.15) is 0 Å². The zero-order chi connectivity index (χ0) is 12.4. The third-order valence-corrected chi connectivity index (χ3v) is 3.94. The molecular formula is C13H22N2O3. The molecule has 0 aromatic rings. The first-order chi connectivity index (χ1) is 8.84. The van der Waals surface area contributed by atoms with Gasteiger partial charge in [0.2, 0.25) is 0 Å². The zero-order valence-corrected chi connectivity index (χ0v) is 10.8. The highest BCUT2D eigenvalue weighted by atomic mass is 16.6. The van der Waals surface area contributed by atoms with Crippen molar-refractivity contribution in [1.82, 2.24) is 10.2 Å². The predicted octanol–water partition coefficient (Wildman–Crippen LogP) is 0.145. The third-order valence-electron chi connectivity index (χ3n) is 3.94. The minimum Gasteiger partial charge on any atom is -0.376 e. The number of ether oxygens (including phenoxy) is 2. The number of nitrogens with zero attached hydrogens (tertiary/aromatic N) is 1. The van der Waals surface area contributed by atoms with Gasteiger partial charge < -0.3 is 19.7 Å². The number of carbonyl (C=O) groups is 1. The van der Waals surface area contributed by atoms with Crippen molar-refractivity contribution in [2.75, 3.05) is 32.9 Å². The monoisotopic (exact) mass is 254 g/mol. The topological polar surface area (TPSA) is 50.8 Å². The lowest BCUT2D eigenvalue weighted by Gasteiger charge is -2.31. The Labute approximate surface area is 108 Å². The number of amides is 1. The van der Waals surface area contributed by atoms with Crippen LogP contribution < -0.4 is 5.32 Å². The van der Waals surface area contributed by atoms with Gasteiger partial charge in [-0.1, -0.05) is 0 Å². The van der Waals surface area contributed by atoms with Crippen LogP contribution in [0.25, 0.3) is 0 Å². The molecule has 5 heteroatoms. The van der Waals surface area contributed by atoms with E-state index in [1.54, 1.807) is 0 Å². The normalized spacial score (nSPS) is 32.4. The highest BCUT2D eigenvalue weighted by molar-refractivity contribution is 5.81. The number of nitrogens with one attached hydrogen (secondary N) is 1. The fourth-order valence-corrected chi connectivity index (χ4v) is 2.77. The highest BCUT2D eigenvalue weighted by Gasteiger charge is 2.38. The maximum atomic E-state index is 12.5. The second kappa shape index (κ2) is 5.55. The van der Waals surface area contributed by atoms with Crippen LogP contribution in [0.15, 0.2) is 0 Å². The van der Waals surface area contributed by atoms with E-state index in [4.69, 9.17) is 9.47 Å². The molecule has 0 bridgehead atoms. The Bertz CT molecular complexity index is 295. The highest BCUT2D eigenvalue weighted by Crippen LogP contribution is 2.28. The number of hydrogen-bond donors (Lipinski definition) is 1. The molecule has 3 aliphatic rings. The van der Waals surface area contributed by atoms with E-state index in [0.29, 0.717) is 31.9 Å². The van der Waals surface area contributed by atoms with Gasteiger partial charge in [-0.3, -0.25) is 4.79 Å². The Kier molecular flexibility index (Phi) is 3.82. The van der Waals surface area contributed by atoms with E-state index in [0.717, 1.165) is 25.9 Å². The van der Waals surface area contributed by atoms with Crippen LogP contribution in [0.2, 0.25) is 0 Å². The first-order valence-corrected chi connectivity index (χ1v) is 7.08. The molecule has 1 aliphatic carbocycles. The van der Waals surface area contributed by atoms with E-state index < -0.39 is 0 Å². The molecule has 3 fully saturated rings. The Balaban J connectivity index is 1.59. The summed E-state index contributed by atoms with van der Waals surface area (Å²) in [5.74, 6) is 0.130. The molecule has 1 N–H and O–H groups in total. The molecule has 0 aromatic heterocycles. The molecule has 0 spiro atoms. The van der Waals surface area contributed by atoms with Crippen molar-refractivity contribution in [1.29, 1.82) is 0 Å². The van der Waals surface area contributed by atoms with Gasteiger partial charge in [0.15, 0.2) is 6.10 Å². The van der Waals surface area contributed by atoms with Crippen LogP contribution in [0.5, 0.6) is 0 Å². The molecule has 2 saturated heterocycles. The molecule has 2 atom stereocenters. The van der Waals surface area contributed by atoms with Gasteiger partial charge in [-0.15, -0.1) is 0 Å². The van der Waals surface area contributed by atoms with E-state index >= 15 is 0 Å². The van der Waals surface area contributed by atoms with Crippen molar-refractivity contribution < 1.29 is 14.3 Å². The predicted molar refractivity (Wildman–Crippen MR) is 66.3 cm³/mol. The Morgan fingerprint density at radius 3 is 2.78 bits per heavy atom. The molecule has 18 heavy (non-hydrogen) atoms. The van der Waals surface area contributed by atoms with Crippen molar-refractivity contribution in [2.45, 2.75) is 43.9 Å². The third kappa shape index (κ3) is 2.84.